The zero-order chi connectivity index (χ0) is 9.40. The van der Waals surface area contributed by atoms with Crippen molar-refractivity contribution in [3.05, 3.63) is 11.8 Å². The maximum atomic E-state index is 10.4. The van der Waals surface area contributed by atoms with Crippen molar-refractivity contribution in [3.63, 3.8) is 0 Å². The summed E-state index contributed by atoms with van der Waals surface area (Å²) in [5.41, 5.74) is 0. The van der Waals surface area contributed by atoms with Crippen LogP contribution in [0, 0.1) is 0 Å². The highest BCUT2D eigenvalue weighted by Gasteiger charge is 2.05. The van der Waals surface area contributed by atoms with Gasteiger partial charge in [-0.3, -0.25) is 0 Å². The summed E-state index contributed by atoms with van der Waals surface area (Å²) in [6.45, 7) is 4.25. The van der Waals surface area contributed by atoms with Gasteiger partial charge in [0.25, 0.3) is 0 Å². The number of unbranched alkanes of at least 4 members (excludes halogenated alkanes) is 2. The van der Waals surface area contributed by atoms with E-state index in [1.165, 1.54) is 6.08 Å². The molecule has 0 aliphatic rings. The molecule has 1 N–H and O–H groups in total. The van der Waals surface area contributed by atoms with E-state index in [1.54, 1.807) is 6.92 Å². The minimum absolute atomic E-state index is 0.0473. The average molecular weight is 172 g/mol. The molecule has 70 valence electrons. The Hall–Kier alpha value is -0.990. The summed E-state index contributed by atoms with van der Waals surface area (Å²) in [5.74, 6) is -0.944. The van der Waals surface area contributed by atoms with Crippen LogP contribution in [-0.2, 0) is 9.53 Å². The van der Waals surface area contributed by atoms with Crippen LogP contribution >= 0.6 is 0 Å². The number of aliphatic carboxylic acids is 1. The summed E-state index contributed by atoms with van der Waals surface area (Å²) in [4.78, 5) is 10.4. The second kappa shape index (κ2) is 6.70. The van der Waals surface area contributed by atoms with Gasteiger partial charge in [-0.25, -0.2) is 4.79 Å². The molecule has 0 spiro atoms. The quantitative estimate of drug-likeness (QED) is 0.379. The van der Waals surface area contributed by atoms with E-state index in [9.17, 15) is 4.79 Å². The van der Waals surface area contributed by atoms with Crippen molar-refractivity contribution in [1.29, 1.82) is 0 Å². The van der Waals surface area contributed by atoms with Crippen LogP contribution in [0.3, 0.4) is 0 Å². The zero-order valence-corrected chi connectivity index (χ0v) is 7.67. The zero-order valence-electron chi connectivity index (χ0n) is 7.67. The summed E-state index contributed by atoms with van der Waals surface area (Å²) < 4.78 is 5.02. The molecule has 0 aliphatic heterocycles. The molecule has 0 atom stereocenters. The Labute approximate surface area is 73.0 Å². The summed E-state index contributed by atoms with van der Waals surface area (Å²) >= 11 is 0. The van der Waals surface area contributed by atoms with Crippen LogP contribution in [0.1, 0.15) is 33.1 Å². The molecule has 3 heteroatoms. The maximum Gasteiger partial charge on any atom is 0.370 e. The molecule has 0 aromatic carbocycles. The normalized spacial score (nSPS) is 11.3. The van der Waals surface area contributed by atoms with Gasteiger partial charge in [0.05, 0.1) is 6.61 Å². The van der Waals surface area contributed by atoms with Gasteiger partial charge in [0.1, 0.15) is 0 Å². The van der Waals surface area contributed by atoms with Crippen LogP contribution < -0.4 is 0 Å². The molecule has 0 aliphatic carbocycles. The minimum Gasteiger partial charge on any atom is -0.487 e. The maximum absolute atomic E-state index is 10.4. The molecule has 0 amide bonds. The van der Waals surface area contributed by atoms with E-state index < -0.39 is 5.97 Å². The molecule has 3 nitrogen and oxygen atoms in total. The second-order valence-corrected chi connectivity index (χ2v) is 2.51. The number of allylic oxidation sites excluding steroid dienone is 1. The van der Waals surface area contributed by atoms with Gasteiger partial charge in [0.15, 0.2) is 5.76 Å². The van der Waals surface area contributed by atoms with Crippen molar-refractivity contribution in [3.8, 4) is 0 Å². The van der Waals surface area contributed by atoms with Crippen molar-refractivity contribution < 1.29 is 14.6 Å². The average Bonchev–Trinajstić information content (AvgIpc) is 2.04. The van der Waals surface area contributed by atoms with Crippen molar-refractivity contribution in [1.82, 2.24) is 0 Å². The van der Waals surface area contributed by atoms with Gasteiger partial charge in [-0.15, -0.1) is 0 Å². The van der Waals surface area contributed by atoms with E-state index in [4.69, 9.17) is 9.84 Å². The van der Waals surface area contributed by atoms with Gasteiger partial charge in [0.2, 0.25) is 0 Å². The number of carbonyl (C=O) groups is 1. The standard InChI is InChI=1S/C9H16O3/c1-3-5-6-7-12-8(4-2)9(10)11/h4H,3,5-7H2,1-2H3,(H,10,11)/b8-4-. The first-order valence-corrected chi connectivity index (χ1v) is 4.24. The van der Waals surface area contributed by atoms with Crippen LogP contribution in [0.5, 0.6) is 0 Å². The lowest BCUT2D eigenvalue weighted by molar-refractivity contribution is -0.136. The van der Waals surface area contributed by atoms with Crippen molar-refractivity contribution in [2.24, 2.45) is 0 Å². The molecule has 0 saturated heterocycles. The van der Waals surface area contributed by atoms with Crippen molar-refractivity contribution >= 4 is 5.97 Å². The van der Waals surface area contributed by atoms with Gasteiger partial charge in [-0.2, -0.15) is 0 Å². The fourth-order valence-corrected chi connectivity index (χ4v) is 0.803. The Kier molecular flexibility index (Phi) is 6.15. The third-order valence-electron chi connectivity index (χ3n) is 1.48. The van der Waals surface area contributed by atoms with Gasteiger partial charge in [-0.05, 0) is 19.4 Å². The topological polar surface area (TPSA) is 46.5 Å². The largest absolute Gasteiger partial charge is 0.487 e. The molecule has 0 saturated carbocycles. The first-order chi connectivity index (χ1) is 5.72. The van der Waals surface area contributed by atoms with Crippen LogP contribution in [0.4, 0.5) is 0 Å². The summed E-state index contributed by atoms with van der Waals surface area (Å²) in [7, 11) is 0. The fourth-order valence-electron chi connectivity index (χ4n) is 0.803. The Morgan fingerprint density at radius 2 is 2.17 bits per heavy atom. The molecule has 0 fully saturated rings. The number of hydrogen-bond acceptors (Lipinski definition) is 2. The summed E-state index contributed by atoms with van der Waals surface area (Å²) in [6, 6.07) is 0. The van der Waals surface area contributed by atoms with E-state index in [0.29, 0.717) is 6.61 Å². The number of ether oxygens (including phenoxy) is 1. The third-order valence-corrected chi connectivity index (χ3v) is 1.48. The van der Waals surface area contributed by atoms with E-state index in [2.05, 4.69) is 6.92 Å². The molecule has 0 aromatic rings. The van der Waals surface area contributed by atoms with Crippen LogP contribution in [0.15, 0.2) is 11.8 Å². The molecule has 0 bridgehead atoms. The first-order valence-electron chi connectivity index (χ1n) is 4.24. The summed E-state index contributed by atoms with van der Waals surface area (Å²) in [5, 5.41) is 8.54. The van der Waals surface area contributed by atoms with Gasteiger partial charge < -0.3 is 9.84 Å². The highest BCUT2D eigenvalue weighted by Crippen LogP contribution is 2.01. The number of carboxylic acids is 1. The molecule has 0 unspecified atom stereocenters. The molecule has 0 heterocycles. The highest BCUT2D eigenvalue weighted by atomic mass is 16.5. The molecule has 0 aromatic heterocycles. The Balaban J connectivity index is 3.54. The lowest BCUT2D eigenvalue weighted by atomic mass is 10.3. The summed E-state index contributed by atoms with van der Waals surface area (Å²) in [6.07, 6.45) is 4.58. The van der Waals surface area contributed by atoms with E-state index in [0.717, 1.165) is 19.3 Å². The van der Waals surface area contributed by atoms with Gasteiger partial charge in [0, 0.05) is 0 Å². The van der Waals surface area contributed by atoms with E-state index in [-0.39, 0.29) is 5.76 Å². The molecule has 12 heavy (non-hydrogen) atoms. The molecule has 0 rings (SSSR count). The van der Waals surface area contributed by atoms with Crippen LogP contribution in [0.2, 0.25) is 0 Å². The molecular formula is C9H16O3. The molecular weight excluding hydrogens is 156 g/mol. The van der Waals surface area contributed by atoms with Gasteiger partial charge in [-0.1, -0.05) is 19.8 Å². The fraction of sp³-hybridized carbons (Fsp3) is 0.667. The number of rotatable bonds is 6. The van der Waals surface area contributed by atoms with Crippen molar-refractivity contribution in [2.45, 2.75) is 33.1 Å². The first kappa shape index (κ1) is 11.0. The Morgan fingerprint density at radius 3 is 2.58 bits per heavy atom. The van der Waals surface area contributed by atoms with E-state index >= 15 is 0 Å². The monoisotopic (exact) mass is 172 g/mol. The number of hydrogen-bond donors (Lipinski definition) is 1. The number of carboxylic acid groups (broad SMARTS) is 1. The van der Waals surface area contributed by atoms with Crippen molar-refractivity contribution in [2.75, 3.05) is 6.61 Å². The Morgan fingerprint density at radius 1 is 1.50 bits per heavy atom. The Bertz CT molecular complexity index is 161. The molecule has 0 radical (unpaired) electrons. The lowest BCUT2D eigenvalue weighted by Gasteiger charge is -2.04. The smallest absolute Gasteiger partial charge is 0.370 e. The van der Waals surface area contributed by atoms with E-state index in [1.807, 2.05) is 0 Å². The minimum atomic E-state index is -0.992. The third kappa shape index (κ3) is 4.77. The lowest BCUT2D eigenvalue weighted by Crippen LogP contribution is -2.05. The highest BCUT2D eigenvalue weighted by molar-refractivity contribution is 5.84. The van der Waals surface area contributed by atoms with Crippen LogP contribution in [-0.4, -0.2) is 17.7 Å². The predicted octanol–water partition coefficient (Wildman–Crippen LogP) is 2.18. The van der Waals surface area contributed by atoms with Gasteiger partial charge >= 0.3 is 5.97 Å². The predicted molar refractivity (Wildman–Crippen MR) is 46.9 cm³/mol. The second-order valence-electron chi connectivity index (χ2n) is 2.51. The SMILES string of the molecule is C/C=C(\OCCCCC)C(=O)O. The van der Waals surface area contributed by atoms with Crippen LogP contribution in [0.25, 0.3) is 0 Å².